The number of aromatic nitrogens is 5. The van der Waals surface area contributed by atoms with E-state index in [0.717, 1.165) is 32.4 Å². The molecule has 1 aromatic carbocycles. The van der Waals surface area contributed by atoms with Gasteiger partial charge in [-0.15, -0.1) is 21.5 Å². The summed E-state index contributed by atoms with van der Waals surface area (Å²) in [5.74, 6) is -0.717. The Morgan fingerprint density at radius 1 is 1.19 bits per heavy atom. The van der Waals surface area contributed by atoms with E-state index in [1.165, 1.54) is 23.5 Å². The van der Waals surface area contributed by atoms with Crippen molar-refractivity contribution in [3.63, 3.8) is 0 Å². The number of halogens is 2. The smallest absolute Gasteiger partial charge is 0.341 e. The third-order valence-corrected chi connectivity index (χ3v) is 8.64. The minimum Gasteiger partial charge on any atom is -0.462 e. The first-order valence-electron chi connectivity index (χ1n) is 11.2. The molecule has 0 aliphatic carbocycles. The molecule has 0 radical (unpaired) electrons. The molecule has 0 aliphatic heterocycles. The van der Waals surface area contributed by atoms with Crippen LogP contribution in [0.3, 0.4) is 0 Å². The molecule has 3 aromatic heterocycles. The summed E-state index contributed by atoms with van der Waals surface area (Å²) in [6.45, 7) is 7.60. The van der Waals surface area contributed by atoms with Crippen LogP contribution in [0.25, 0.3) is 17.2 Å². The molecule has 194 valence electrons. The highest BCUT2D eigenvalue weighted by molar-refractivity contribution is 9.10. The van der Waals surface area contributed by atoms with Gasteiger partial charge in [0.1, 0.15) is 16.5 Å². The van der Waals surface area contributed by atoms with Crippen LogP contribution in [0.1, 0.15) is 33.4 Å². The van der Waals surface area contributed by atoms with E-state index in [4.69, 9.17) is 4.74 Å². The summed E-state index contributed by atoms with van der Waals surface area (Å²) in [7, 11) is 1.82. The van der Waals surface area contributed by atoms with E-state index in [0.29, 0.717) is 32.9 Å². The molecule has 0 saturated heterocycles. The van der Waals surface area contributed by atoms with Gasteiger partial charge in [0.2, 0.25) is 5.91 Å². The Morgan fingerprint density at radius 2 is 1.89 bits per heavy atom. The number of esters is 1. The van der Waals surface area contributed by atoms with Crippen molar-refractivity contribution < 1.29 is 18.7 Å². The highest BCUT2D eigenvalue weighted by Gasteiger charge is 2.25. The van der Waals surface area contributed by atoms with E-state index in [-0.39, 0.29) is 24.1 Å². The molecular weight excluding hydrogens is 583 g/mol. The van der Waals surface area contributed by atoms with Crippen molar-refractivity contribution in [3.05, 3.63) is 56.3 Å². The van der Waals surface area contributed by atoms with Gasteiger partial charge in [0.25, 0.3) is 0 Å². The number of nitrogens with zero attached hydrogens (tertiary/aromatic N) is 5. The minimum atomic E-state index is -0.468. The van der Waals surface area contributed by atoms with Crippen molar-refractivity contribution in [3.8, 4) is 17.2 Å². The van der Waals surface area contributed by atoms with Gasteiger partial charge < -0.3 is 10.1 Å². The monoisotopic (exact) mass is 606 g/mol. The Bertz CT molecular complexity index is 1480. The van der Waals surface area contributed by atoms with Gasteiger partial charge in [0.15, 0.2) is 11.0 Å². The number of carbonyl (C=O) groups is 2. The number of amides is 1. The molecule has 9 nitrogen and oxygen atoms in total. The number of rotatable bonds is 8. The van der Waals surface area contributed by atoms with E-state index in [2.05, 4.69) is 36.5 Å². The molecule has 0 atom stereocenters. The van der Waals surface area contributed by atoms with Gasteiger partial charge in [-0.1, -0.05) is 11.8 Å². The van der Waals surface area contributed by atoms with Gasteiger partial charge in [-0.2, -0.15) is 5.10 Å². The molecule has 13 heteroatoms. The summed E-state index contributed by atoms with van der Waals surface area (Å²) in [5, 5.41) is 16.9. The van der Waals surface area contributed by atoms with Crippen molar-refractivity contribution in [2.24, 2.45) is 7.05 Å². The van der Waals surface area contributed by atoms with E-state index >= 15 is 0 Å². The van der Waals surface area contributed by atoms with E-state index in [1.54, 1.807) is 28.3 Å². The van der Waals surface area contributed by atoms with E-state index < -0.39 is 5.97 Å². The van der Waals surface area contributed by atoms with Crippen molar-refractivity contribution in [2.45, 2.75) is 32.9 Å². The zero-order valence-corrected chi connectivity index (χ0v) is 24.0. The molecule has 4 rings (SSSR count). The van der Waals surface area contributed by atoms with Gasteiger partial charge in [-0.05, 0) is 73.5 Å². The first-order chi connectivity index (χ1) is 17.6. The lowest BCUT2D eigenvalue weighted by atomic mass is 10.1. The number of benzene rings is 1. The van der Waals surface area contributed by atoms with Crippen LogP contribution in [-0.4, -0.2) is 48.8 Å². The number of hydrogen-bond acceptors (Lipinski definition) is 8. The van der Waals surface area contributed by atoms with Gasteiger partial charge in [0.05, 0.1) is 22.4 Å². The molecule has 37 heavy (non-hydrogen) atoms. The molecule has 0 unspecified atom stereocenters. The average molecular weight is 608 g/mol. The highest BCUT2D eigenvalue weighted by Crippen LogP contribution is 2.35. The van der Waals surface area contributed by atoms with Crippen molar-refractivity contribution >= 4 is 55.9 Å². The van der Waals surface area contributed by atoms with Crippen LogP contribution in [-0.2, 0) is 16.6 Å². The topological polar surface area (TPSA) is 104 Å². The third-order valence-electron chi connectivity index (χ3n) is 5.64. The van der Waals surface area contributed by atoms with Crippen LogP contribution in [0.5, 0.6) is 0 Å². The lowest BCUT2D eigenvalue weighted by Gasteiger charge is -2.10. The number of hydrogen-bond donors (Lipinski definition) is 1. The zero-order chi connectivity index (χ0) is 26.9. The second-order valence-corrected chi connectivity index (χ2v) is 11.0. The van der Waals surface area contributed by atoms with Crippen LogP contribution in [0, 0.1) is 26.6 Å². The SMILES string of the molecule is CCOC(=O)c1c(NC(=O)CSc2nnc(-c3nn(C)c(C)c3Br)n2-c2ccc(F)cc2)sc(C)c1C. The molecule has 4 aromatic rings. The van der Waals surface area contributed by atoms with Crippen LogP contribution in [0.4, 0.5) is 9.39 Å². The summed E-state index contributed by atoms with van der Waals surface area (Å²) >= 11 is 6.06. The quantitative estimate of drug-likeness (QED) is 0.210. The van der Waals surface area contributed by atoms with Crippen LogP contribution >= 0.6 is 39.0 Å². The number of aryl methyl sites for hydroxylation is 2. The zero-order valence-electron chi connectivity index (χ0n) is 20.8. The van der Waals surface area contributed by atoms with Crippen LogP contribution in [0.2, 0.25) is 0 Å². The largest absolute Gasteiger partial charge is 0.462 e. The number of carbonyl (C=O) groups excluding carboxylic acids is 2. The first-order valence-corrected chi connectivity index (χ1v) is 13.8. The predicted octanol–water partition coefficient (Wildman–Crippen LogP) is 5.46. The van der Waals surface area contributed by atoms with E-state index in [9.17, 15) is 14.0 Å². The Kier molecular flexibility index (Phi) is 8.14. The number of thioether (sulfide) groups is 1. The summed E-state index contributed by atoms with van der Waals surface area (Å²) in [5.41, 5.74) is 3.24. The van der Waals surface area contributed by atoms with Gasteiger partial charge in [-0.25, -0.2) is 9.18 Å². The molecule has 0 fully saturated rings. The second kappa shape index (κ2) is 11.2. The fourth-order valence-corrected chi connectivity index (χ4v) is 5.85. The average Bonchev–Trinajstić information content (AvgIpc) is 3.48. The molecule has 1 amide bonds. The predicted molar refractivity (Wildman–Crippen MR) is 145 cm³/mol. The molecule has 0 bridgehead atoms. The maximum atomic E-state index is 13.6. The Labute approximate surface area is 229 Å². The van der Waals surface area contributed by atoms with Crippen molar-refractivity contribution in [1.29, 1.82) is 0 Å². The fourth-order valence-electron chi connectivity index (χ4n) is 3.52. The maximum Gasteiger partial charge on any atom is 0.341 e. The standard InChI is InChI=1S/C24H24BrFN6O3S2/c1-6-35-23(34)18-12(2)14(4)37-22(18)27-17(33)11-36-24-29-28-21(20-19(25)13(3)31(5)30-20)32(24)16-9-7-15(26)8-10-16/h7-10H,6,11H2,1-5H3,(H,27,33). The lowest BCUT2D eigenvalue weighted by Crippen LogP contribution is -2.16. The van der Waals surface area contributed by atoms with Crippen molar-refractivity contribution in [1.82, 2.24) is 24.5 Å². The minimum absolute atomic E-state index is 0.00000429. The first kappa shape index (κ1) is 27.0. The molecule has 0 spiro atoms. The van der Waals surface area contributed by atoms with Gasteiger partial charge >= 0.3 is 5.97 Å². The third kappa shape index (κ3) is 5.48. The molecule has 0 saturated carbocycles. The molecule has 0 aliphatic rings. The molecular formula is C24H24BrFN6O3S2. The van der Waals surface area contributed by atoms with Crippen molar-refractivity contribution in [2.75, 3.05) is 17.7 Å². The van der Waals surface area contributed by atoms with Crippen LogP contribution in [0.15, 0.2) is 33.9 Å². The highest BCUT2D eigenvalue weighted by atomic mass is 79.9. The summed E-state index contributed by atoms with van der Waals surface area (Å²) < 4.78 is 23.0. The normalized spacial score (nSPS) is 11.1. The summed E-state index contributed by atoms with van der Waals surface area (Å²) in [6.07, 6.45) is 0. The maximum absolute atomic E-state index is 13.6. The Hall–Kier alpha value is -3.03. The Balaban J connectivity index is 1.62. The second-order valence-electron chi connectivity index (χ2n) is 8.03. The number of ether oxygens (including phenoxy) is 1. The number of anilines is 1. The number of nitrogens with one attached hydrogen (secondary N) is 1. The van der Waals surface area contributed by atoms with Gasteiger partial charge in [0, 0.05) is 23.3 Å². The molecule has 1 N–H and O–H groups in total. The van der Waals surface area contributed by atoms with Crippen LogP contribution < -0.4 is 5.32 Å². The molecule has 3 heterocycles. The number of thiophene rings is 1. The summed E-state index contributed by atoms with van der Waals surface area (Å²) in [6, 6.07) is 5.91. The van der Waals surface area contributed by atoms with E-state index in [1.807, 2.05) is 27.8 Å². The fraction of sp³-hybridized carbons (Fsp3) is 0.292. The summed E-state index contributed by atoms with van der Waals surface area (Å²) in [4.78, 5) is 26.3. The Morgan fingerprint density at radius 3 is 2.51 bits per heavy atom. The van der Waals surface area contributed by atoms with Gasteiger partial charge in [-0.3, -0.25) is 14.0 Å². The lowest BCUT2D eigenvalue weighted by molar-refractivity contribution is -0.113.